The van der Waals surface area contributed by atoms with Crippen molar-refractivity contribution in [2.75, 3.05) is 6.54 Å². The van der Waals surface area contributed by atoms with Gasteiger partial charge in [-0.1, -0.05) is 18.2 Å². The van der Waals surface area contributed by atoms with Crippen molar-refractivity contribution < 1.29 is 9.84 Å². The minimum absolute atomic E-state index is 0.312. The number of benzene rings is 1. The molecule has 2 N–H and O–H groups in total. The SMILES string of the molecule is C[C@H](O)CNCc1ccc(OCc2cccs2)cc1. The summed E-state index contributed by atoms with van der Waals surface area (Å²) in [6, 6.07) is 12.1. The van der Waals surface area contributed by atoms with E-state index in [4.69, 9.17) is 9.84 Å². The second kappa shape index (κ2) is 7.28. The lowest BCUT2D eigenvalue weighted by molar-refractivity contribution is 0.191. The van der Waals surface area contributed by atoms with Gasteiger partial charge in [0, 0.05) is 18.0 Å². The van der Waals surface area contributed by atoms with Gasteiger partial charge in [0.2, 0.25) is 0 Å². The molecule has 3 nitrogen and oxygen atoms in total. The first-order valence-electron chi connectivity index (χ1n) is 6.37. The molecule has 2 rings (SSSR count). The molecular formula is C15H19NO2S. The number of rotatable bonds is 7. The Bertz CT molecular complexity index is 465. The summed E-state index contributed by atoms with van der Waals surface area (Å²) >= 11 is 1.70. The zero-order chi connectivity index (χ0) is 13.5. The lowest BCUT2D eigenvalue weighted by Gasteiger charge is -2.08. The molecule has 1 heterocycles. The molecule has 0 bridgehead atoms. The van der Waals surface area contributed by atoms with Crippen LogP contribution in [-0.4, -0.2) is 17.8 Å². The first-order valence-corrected chi connectivity index (χ1v) is 7.25. The molecule has 0 aliphatic heterocycles. The van der Waals surface area contributed by atoms with E-state index in [1.54, 1.807) is 18.3 Å². The molecule has 4 heteroatoms. The number of thiophene rings is 1. The molecule has 1 aromatic carbocycles. The van der Waals surface area contributed by atoms with Gasteiger partial charge in [-0.15, -0.1) is 11.3 Å². The van der Waals surface area contributed by atoms with Crippen LogP contribution in [0.15, 0.2) is 41.8 Å². The van der Waals surface area contributed by atoms with Crippen molar-refractivity contribution in [1.29, 1.82) is 0 Å². The monoisotopic (exact) mass is 277 g/mol. The van der Waals surface area contributed by atoms with Crippen LogP contribution in [0, 0.1) is 0 Å². The Morgan fingerprint density at radius 1 is 1.26 bits per heavy atom. The topological polar surface area (TPSA) is 41.5 Å². The van der Waals surface area contributed by atoms with Gasteiger partial charge >= 0.3 is 0 Å². The zero-order valence-electron chi connectivity index (χ0n) is 11.0. The molecule has 0 amide bonds. The summed E-state index contributed by atoms with van der Waals surface area (Å²) < 4.78 is 5.70. The van der Waals surface area contributed by atoms with E-state index in [-0.39, 0.29) is 6.10 Å². The van der Waals surface area contributed by atoms with Gasteiger partial charge in [-0.2, -0.15) is 0 Å². The zero-order valence-corrected chi connectivity index (χ0v) is 11.8. The maximum atomic E-state index is 9.15. The van der Waals surface area contributed by atoms with Crippen molar-refractivity contribution in [3.05, 3.63) is 52.2 Å². The number of hydrogen-bond donors (Lipinski definition) is 2. The van der Waals surface area contributed by atoms with Gasteiger partial charge in [-0.25, -0.2) is 0 Å². The summed E-state index contributed by atoms with van der Waals surface area (Å²) in [5.74, 6) is 0.882. The van der Waals surface area contributed by atoms with E-state index in [9.17, 15) is 0 Å². The minimum Gasteiger partial charge on any atom is -0.488 e. The Morgan fingerprint density at radius 3 is 2.68 bits per heavy atom. The van der Waals surface area contributed by atoms with Crippen LogP contribution in [0.5, 0.6) is 5.75 Å². The van der Waals surface area contributed by atoms with Crippen molar-refractivity contribution in [2.45, 2.75) is 26.2 Å². The lowest BCUT2D eigenvalue weighted by atomic mass is 10.2. The predicted octanol–water partition coefficient (Wildman–Crippen LogP) is 2.80. The van der Waals surface area contributed by atoms with Crippen LogP contribution in [0.2, 0.25) is 0 Å². The van der Waals surface area contributed by atoms with E-state index in [0.717, 1.165) is 12.3 Å². The van der Waals surface area contributed by atoms with Gasteiger partial charge in [-0.3, -0.25) is 0 Å². The molecule has 0 saturated heterocycles. The third-order valence-electron chi connectivity index (χ3n) is 2.65. The van der Waals surface area contributed by atoms with Gasteiger partial charge in [0.1, 0.15) is 12.4 Å². The highest BCUT2D eigenvalue weighted by molar-refractivity contribution is 7.09. The Kier molecular flexibility index (Phi) is 5.39. The molecule has 0 radical (unpaired) electrons. The first kappa shape index (κ1) is 14.1. The number of nitrogens with one attached hydrogen (secondary N) is 1. The largest absolute Gasteiger partial charge is 0.488 e. The van der Waals surface area contributed by atoms with Crippen LogP contribution in [0.1, 0.15) is 17.4 Å². The molecule has 0 unspecified atom stereocenters. The van der Waals surface area contributed by atoms with E-state index in [2.05, 4.69) is 16.8 Å². The molecule has 1 atom stereocenters. The van der Waals surface area contributed by atoms with Crippen LogP contribution in [0.4, 0.5) is 0 Å². The summed E-state index contributed by atoms with van der Waals surface area (Å²) in [4.78, 5) is 1.22. The molecule has 0 aliphatic carbocycles. The lowest BCUT2D eigenvalue weighted by Crippen LogP contribution is -2.23. The van der Waals surface area contributed by atoms with Gasteiger partial charge in [0.05, 0.1) is 6.10 Å². The first-order chi connectivity index (χ1) is 9.24. The van der Waals surface area contributed by atoms with E-state index in [1.165, 1.54) is 10.4 Å². The maximum absolute atomic E-state index is 9.15. The highest BCUT2D eigenvalue weighted by Gasteiger charge is 1.99. The molecule has 19 heavy (non-hydrogen) atoms. The molecule has 0 saturated carbocycles. The molecule has 0 aliphatic rings. The van der Waals surface area contributed by atoms with Gasteiger partial charge in [0.15, 0.2) is 0 Å². The quantitative estimate of drug-likeness (QED) is 0.817. The molecule has 2 aromatic rings. The summed E-state index contributed by atoms with van der Waals surface area (Å²) in [6.45, 7) is 3.76. The van der Waals surface area contributed by atoms with Crippen LogP contribution in [-0.2, 0) is 13.2 Å². The molecular weight excluding hydrogens is 258 g/mol. The predicted molar refractivity (Wildman–Crippen MR) is 78.5 cm³/mol. The Balaban J connectivity index is 1.77. The maximum Gasteiger partial charge on any atom is 0.122 e. The molecule has 1 aromatic heterocycles. The van der Waals surface area contributed by atoms with E-state index in [1.807, 2.05) is 30.3 Å². The number of ether oxygens (including phenoxy) is 1. The Morgan fingerprint density at radius 2 is 2.05 bits per heavy atom. The van der Waals surface area contributed by atoms with Crippen LogP contribution >= 0.6 is 11.3 Å². The summed E-state index contributed by atoms with van der Waals surface area (Å²) in [6.07, 6.45) is -0.312. The second-order valence-corrected chi connectivity index (χ2v) is 5.52. The average Bonchev–Trinajstić information content (AvgIpc) is 2.90. The van der Waals surface area contributed by atoms with E-state index in [0.29, 0.717) is 13.2 Å². The summed E-state index contributed by atoms with van der Waals surface area (Å²) in [7, 11) is 0. The Hall–Kier alpha value is -1.36. The third-order valence-corrected chi connectivity index (χ3v) is 3.50. The molecule has 0 fully saturated rings. The van der Waals surface area contributed by atoms with Crippen LogP contribution < -0.4 is 10.1 Å². The van der Waals surface area contributed by atoms with Crippen molar-refractivity contribution >= 4 is 11.3 Å². The van der Waals surface area contributed by atoms with Crippen molar-refractivity contribution in [2.24, 2.45) is 0 Å². The second-order valence-electron chi connectivity index (χ2n) is 4.49. The smallest absolute Gasteiger partial charge is 0.122 e. The van der Waals surface area contributed by atoms with Gasteiger partial charge in [0.25, 0.3) is 0 Å². The number of aliphatic hydroxyl groups is 1. The normalized spacial score (nSPS) is 12.3. The standard InChI is InChI=1S/C15H19NO2S/c1-12(17)9-16-10-13-4-6-14(7-5-13)18-11-15-3-2-8-19-15/h2-8,12,16-17H,9-11H2,1H3/t12-/m0/s1. The number of hydrogen-bond acceptors (Lipinski definition) is 4. The summed E-state index contributed by atoms with van der Waals surface area (Å²) in [5, 5.41) is 14.4. The fraction of sp³-hybridized carbons (Fsp3) is 0.333. The van der Waals surface area contributed by atoms with E-state index >= 15 is 0 Å². The minimum atomic E-state index is -0.312. The van der Waals surface area contributed by atoms with Gasteiger partial charge in [-0.05, 0) is 36.1 Å². The fourth-order valence-corrected chi connectivity index (χ4v) is 2.29. The van der Waals surface area contributed by atoms with Crippen molar-refractivity contribution in [1.82, 2.24) is 5.32 Å². The average molecular weight is 277 g/mol. The third kappa shape index (κ3) is 5.03. The van der Waals surface area contributed by atoms with Gasteiger partial charge < -0.3 is 15.2 Å². The molecule has 102 valence electrons. The Labute approximate surface area is 117 Å². The van der Waals surface area contributed by atoms with Crippen molar-refractivity contribution in [3.8, 4) is 5.75 Å². The fourth-order valence-electron chi connectivity index (χ4n) is 1.68. The number of aliphatic hydroxyl groups excluding tert-OH is 1. The van der Waals surface area contributed by atoms with Crippen molar-refractivity contribution in [3.63, 3.8) is 0 Å². The van der Waals surface area contributed by atoms with Crippen LogP contribution in [0.3, 0.4) is 0 Å². The van der Waals surface area contributed by atoms with Crippen LogP contribution in [0.25, 0.3) is 0 Å². The highest BCUT2D eigenvalue weighted by Crippen LogP contribution is 2.16. The highest BCUT2D eigenvalue weighted by atomic mass is 32.1. The van der Waals surface area contributed by atoms with E-state index < -0.39 is 0 Å². The molecule has 0 spiro atoms. The summed E-state index contributed by atoms with van der Waals surface area (Å²) in [5.41, 5.74) is 1.18.